The molecular formula is C23H32N4O4. The van der Waals surface area contributed by atoms with Crippen LogP contribution in [0.15, 0.2) is 18.2 Å². The number of nitrogens with zero attached hydrogens (tertiary/aromatic N) is 1. The fourth-order valence-corrected chi connectivity index (χ4v) is 6.80. The smallest absolute Gasteiger partial charge is 0.410 e. The van der Waals surface area contributed by atoms with Crippen LogP contribution in [0.25, 0.3) is 0 Å². The Morgan fingerprint density at radius 2 is 1.90 bits per heavy atom. The molecule has 168 valence electrons. The number of hydrogen-bond acceptors (Lipinski definition) is 7. The summed E-state index contributed by atoms with van der Waals surface area (Å²) in [7, 11) is 1.48. The number of hydrogen-bond donors (Lipinski definition) is 3. The highest BCUT2D eigenvalue weighted by Crippen LogP contribution is 2.61. The molecule has 8 heteroatoms. The number of carbonyl (C=O) groups excluding carboxylic acids is 2. The number of methoxy groups -OCH3 is 1. The van der Waals surface area contributed by atoms with Gasteiger partial charge in [0, 0.05) is 24.8 Å². The van der Waals surface area contributed by atoms with Gasteiger partial charge in [-0.05, 0) is 74.5 Å². The van der Waals surface area contributed by atoms with E-state index in [0.29, 0.717) is 30.4 Å². The minimum atomic E-state index is -0.351. The highest BCUT2D eigenvalue weighted by molar-refractivity contribution is 5.77. The van der Waals surface area contributed by atoms with Gasteiger partial charge in [-0.25, -0.2) is 4.79 Å². The number of anilines is 3. The Hall–Kier alpha value is -2.64. The van der Waals surface area contributed by atoms with Gasteiger partial charge >= 0.3 is 12.1 Å². The molecule has 1 aromatic rings. The molecule has 31 heavy (non-hydrogen) atoms. The third kappa shape index (κ3) is 3.55. The molecule has 0 spiro atoms. The zero-order valence-electron chi connectivity index (χ0n) is 18.0. The van der Waals surface area contributed by atoms with E-state index in [2.05, 4.69) is 5.32 Å². The van der Waals surface area contributed by atoms with Crippen LogP contribution in [-0.2, 0) is 14.3 Å². The topological polar surface area (TPSA) is 120 Å². The molecule has 1 heterocycles. The van der Waals surface area contributed by atoms with Crippen LogP contribution >= 0.6 is 0 Å². The summed E-state index contributed by atoms with van der Waals surface area (Å²) >= 11 is 0. The maximum absolute atomic E-state index is 13.0. The summed E-state index contributed by atoms with van der Waals surface area (Å²) in [6.07, 6.45) is 5.11. The molecule has 5 fully saturated rings. The molecule has 0 aromatic heterocycles. The van der Waals surface area contributed by atoms with Crippen molar-refractivity contribution in [2.45, 2.75) is 50.7 Å². The normalized spacial score (nSPS) is 35.8. The van der Waals surface area contributed by atoms with Crippen molar-refractivity contribution in [3.05, 3.63) is 18.2 Å². The SMILES string of the molecule is COC(=O)[C@]12CC3CC(C1)[C@@H](OC(=O)N1CC[C@@H](Nc4ccc(N)cc4N)C1)C(C3)C2. The van der Waals surface area contributed by atoms with Crippen molar-refractivity contribution in [3.63, 3.8) is 0 Å². The first kappa shape index (κ1) is 20.3. The lowest BCUT2D eigenvalue weighted by molar-refractivity contribution is -0.182. The van der Waals surface area contributed by atoms with Crippen LogP contribution < -0.4 is 16.8 Å². The van der Waals surface area contributed by atoms with Crippen molar-refractivity contribution in [2.24, 2.45) is 23.2 Å². The minimum Gasteiger partial charge on any atom is -0.469 e. The van der Waals surface area contributed by atoms with E-state index in [1.165, 1.54) is 7.11 Å². The highest BCUT2D eigenvalue weighted by Gasteiger charge is 2.60. The maximum atomic E-state index is 13.0. The van der Waals surface area contributed by atoms with Crippen LogP contribution in [0.4, 0.5) is 21.9 Å². The summed E-state index contributed by atoms with van der Waals surface area (Å²) in [4.78, 5) is 27.2. The predicted octanol–water partition coefficient (Wildman–Crippen LogP) is 2.84. The van der Waals surface area contributed by atoms with Gasteiger partial charge in [0.05, 0.1) is 23.9 Å². The van der Waals surface area contributed by atoms with Gasteiger partial charge in [-0.1, -0.05) is 0 Å². The molecule has 4 aliphatic carbocycles. The summed E-state index contributed by atoms with van der Waals surface area (Å²) in [5.74, 6) is 1.00. The number of benzene rings is 1. The fourth-order valence-electron chi connectivity index (χ4n) is 6.80. The van der Waals surface area contributed by atoms with Gasteiger partial charge < -0.3 is 31.2 Å². The first-order valence-corrected chi connectivity index (χ1v) is 11.3. The molecule has 1 aliphatic heterocycles. The van der Waals surface area contributed by atoms with Crippen molar-refractivity contribution in [2.75, 3.05) is 37.0 Å². The summed E-state index contributed by atoms with van der Waals surface area (Å²) in [5.41, 5.74) is 13.5. The number of carbonyl (C=O) groups is 2. The standard InChI is InChI=1S/C23H32N4O4/c1-30-21(28)23-9-13-6-14(10-23)20(15(7-13)11-23)31-22(29)27-5-4-17(12-27)26-19-3-2-16(24)8-18(19)25/h2-3,8,13-15,17,20,26H,4-7,9-12,24-25H2,1H3/t13?,14?,15?,17-,20-,23-/m1/s1. The third-order valence-corrected chi connectivity index (χ3v) is 7.92. The van der Waals surface area contributed by atoms with Crippen molar-refractivity contribution in [1.82, 2.24) is 4.90 Å². The van der Waals surface area contributed by atoms with Gasteiger partial charge in [0.1, 0.15) is 6.10 Å². The van der Waals surface area contributed by atoms with Crippen LogP contribution in [0.2, 0.25) is 0 Å². The van der Waals surface area contributed by atoms with E-state index < -0.39 is 0 Å². The van der Waals surface area contributed by atoms with Crippen LogP contribution in [0.1, 0.15) is 38.5 Å². The molecular weight excluding hydrogens is 396 g/mol. The number of nitrogens with one attached hydrogen (secondary N) is 1. The van der Waals surface area contributed by atoms with Crippen LogP contribution in [0.5, 0.6) is 0 Å². The number of ether oxygens (including phenoxy) is 2. The second-order valence-corrected chi connectivity index (χ2v) is 10.0. The number of nitrogen functional groups attached to an aromatic ring is 2. The van der Waals surface area contributed by atoms with Crippen molar-refractivity contribution in [1.29, 1.82) is 0 Å². The largest absolute Gasteiger partial charge is 0.469 e. The molecule has 6 rings (SSSR count). The van der Waals surface area contributed by atoms with Gasteiger partial charge in [-0.3, -0.25) is 4.79 Å². The van der Waals surface area contributed by atoms with Gasteiger partial charge in [0.2, 0.25) is 0 Å². The molecule has 2 unspecified atom stereocenters. The monoisotopic (exact) mass is 428 g/mol. The Morgan fingerprint density at radius 1 is 1.16 bits per heavy atom. The molecule has 3 atom stereocenters. The lowest BCUT2D eigenvalue weighted by atomic mass is 9.48. The van der Waals surface area contributed by atoms with Crippen LogP contribution in [-0.4, -0.2) is 49.3 Å². The number of rotatable bonds is 4. The second-order valence-electron chi connectivity index (χ2n) is 10.0. The average Bonchev–Trinajstić information content (AvgIpc) is 3.20. The molecule has 5 aliphatic rings. The predicted molar refractivity (Wildman–Crippen MR) is 117 cm³/mol. The molecule has 1 aromatic carbocycles. The van der Waals surface area contributed by atoms with Crippen LogP contribution in [0, 0.1) is 23.2 Å². The Kier molecular flexibility index (Phi) is 4.90. The van der Waals surface area contributed by atoms with E-state index in [-0.39, 0.29) is 41.5 Å². The minimum absolute atomic E-state index is 0.0768. The molecule has 4 bridgehead atoms. The summed E-state index contributed by atoms with van der Waals surface area (Å²) in [6, 6.07) is 5.54. The molecule has 8 nitrogen and oxygen atoms in total. The molecule has 4 saturated carbocycles. The zero-order chi connectivity index (χ0) is 21.8. The number of nitrogens with two attached hydrogens (primary N) is 2. The number of likely N-dealkylation sites (tertiary alicyclic amines) is 1. The summed E-state index contributed by atoms with van der Waals surface area (Å²) in [5, 5.41) is 3.42. The Morgan fingerprint density at radius 3 is 2.58 bits per heavy atom. The lowest BCUT2D eigenvalue weighted by Crippen LogP contribution is -2.58. The van der Waals surface area contributed by atoms with Crippen molar-refractivity contribution >= 4 is 29.1 Å². The number of amides is 1. The lowest BCUT2D eigenvalue weighted by Gasteiger charge is -2.57. The molecule has 1 amide bonds. The van der Waals surface area contributed by atoms with E-state index in [9.17, 15) is 9.59 Å². The molecule has 1 saturated heterocycles. The quantitative estimate of drug-likeness (QED) is 0.498. The average molecular weight is 429 g/mol. The molecule has 0 radical (unpaired) electrons. The van der Waals surface area contributed by atoms with E-state index >= 15 is 0 Å². The summed E-state index contributed by atoms with van der Waals surface area (Å²) < 4.78 is 11.2. The Labute approximate surface area is 182 Å². The highest BCUT2D eigenvalue weighted by atomic mass is 16.6. The van der Waals surface area contributed by atoms with E-state index in [1.807, 2.05) is 12.1 Å². The van der Waals surface area contributed by atoms with E-state index in [1.54, 1.807) is 11.0 Å². The first-order chi connectivity index (χ1) is 14.9. The fraction of sp³-hybridized carbons (Fsp3) is 0.652. The molecule has 5 N–H and O–H groups in total. The van der Waals surface area contributed by atoms with Crippen LogP contribution in [0.3, 0.4) is 0 Å². The van der Waals surface area contributed by atoms with Gasteiger partial charge in [-0.15, -0.1) is 0 Å². The first-order valence-electron chi connectivity index (χ1n) is 11.3. The zero-order valence-corrected chi connectivity index (χ0v) is 18.0. The van der Waals surface area contributed by atoms with E-state index in [0.717, 1.165) is 44.2 Å². The number of esters is 1. The van der Waals surface area contributed by atoms with Gasteiger partial charge in [0.25, 0.3) is 0 Å². The van der Waals surface area contributed by atoms with Gasteiger partial charge in [0.15, 0.2) is 0 Å². The second kappa shape index (κ2) is 7.50. The van der Waals surface area contributed by atoms with E-state index in [4.69, 9.17) is 20.9 Å². The Bertz CT molecular complexity index is 874. The van der Waals surface area contributed by atoms with Crippen molar-refractivity contribution < 1.29 is 19.1 Å². The summed E-state index contributed by atoms with van der Waals surface area (Å²) in [6.45, 7) is 1.24. The van der Waals surface area contributed by atoms with Gasteiger partial charge in [-0.2, -0.15) is 0 Å². The third-order valence-electron chi connectivity index (χ3n) is 7.92. The van der Waals surface area contributed by atoms with Crippen molar-refractivity contribution in [3.8, 4) is 0 Å². The Balaban J connectivity index is 1.19. The maximum Gasteiger partial charge on any atom is 0.410 e.